The Morgan fingerprint density at radius 1 is 1.09 bits per heavy atom. The average Bonchev–Trinajstić information content (AvgIpc) is 3.41. The van der Waals surface area contributed by atoms with Gasteiger partial charge >= 0.3 is 0 Å². The fourth-order valence-electron chi connectivity index (χ4n) is 2.71. The highest BCUT2D eigenvalue weighted by atomic mass is 35.5. The van der Waals surface area contributed by atoms with Gasteiger partial charge in [-0.05, 0) is 47.8 Å². The number of aromatic nitrogens is 2. The summed E-state index contributed by atoms with van der Waals surface area (Å²) in [6, 6.07) is 12.9. The second kappa shape index (κ2) is 9.47. The van der Waals surface area contributed by atoms with Gasteiger partial charge in [0.05, 0.1) is 15.6 Å². The lowest BCUT2D eigenvalue weighted by Crippen LogP contribution is -2.36. The van der Waals surface area contributed by atoms with Crippen LogP contribution in [-0.2, 0) is 0 Å². The zero-order valence-corrected chi connectivity index (χ0v) is 18.3. The van der Waals surface area contributed by atoms with Gasteiger partial charge in [-0.1, -0.05) is 29.3 Å². The van der Waals surface area contributed by atoms with Crippen molar-refractivity contribution in [2.45, 2.75) is 0 Å². The van der Waals surface area contributed by atoms with Crippen molar-refractivity contribution < 1.29 is 13.6 Å². The molecule has 2 aromatic heterocycles. The van der Waals surface area contributed by atoms with Gasteiger partial charge in [0.2, 0.25) is 5.96 Å². The minimum absolute atomic E-state index is 0.0139. The first-order valence-corrected chi connectivity index (χ1v) is 10.7. The van der Waals surface area contributed by atoms with Crippen LogP contribution >= 0.6 is 34.5 Å². The Morgan fingerprint density at radius 3 is 2.66 bits per heavy atom. The Bertz CT molecular complexity index is 1290. The number of H-pyrrole nitrogens is 1. The molecule has 4 aromatic rings. The van der Waals surface area contributed by atoms with Gasteiger partial charge in [0.25, 0.3) is 5.91 Å². The maximum atomic E-state index is 13.8. The molecule has 0 fully saturated rings. The van der Waals surface area contributed by atoms with Gasteiger partial charge in [0.15, 0.2) is 5.82 Å². The fourth-order valence-corrected chi connectivity index (χ4v) is 3.74. The molecule has 6 nitrogen and oxygen atoms in total. The quantitative estimate of drug-likeness (QED) is 0.233. The Balaban J connectivity index is 1.64. The molecule has 0 aliphatic rings. The van der Waals surface area contributed by atoms with E-state index in [1.807, 2.05) is 17.5 Å². The summed E-state index contributed by atoms with van der Waals surface area (Å²) in [6.45, 7) is 0. The smallest absolute Gasteiger partial charge is 0.258 e. The summed E-state index contributed by atoms with van der Waals surface area (Å²) in [5.41, 5.74) is 0.989. The van der Waals surface area contributed by atoms with E-state index in [0.29, 0.717) is 0 Å². The molecular weight excluding hydrogens is 479 g/mol. The lowest BCUT2D eigenvalue weighted by molar-refractivity contribution is 0.0976. The number of halogens is 4. The third-order valence-electron chi connectivity index (χ3n) is 4.12. The van der Waals surface area contributed by atoms with Gasteiger partial charge in [0.1, 0.15) is 11.6 Å². The van der Waals surface area contributed by atoms with Crippen LogP contribution in [0.4, 0.5) is 20.3 Å². The Morgan fingerprint density at radius 2 is 1.94 bits per heavy atom. The Hall–Kier alpha value is -3.27. The number of benzene rings is 2. The molecule has 0 saturated carbocycles. The first kappa shape index (κ1) is 21.9. The second-order valence-electron chi connectivity index (χ2n) is 6.44. The molecule has 3 N–H and O–H groups in total. The molecule has 1 amide bonds. The highest BCUT2D eigenvalue weighted by molar-refractivity contribution is 7.13. The molecule has 2 heterocycles. The van der Waals surface area contributed by atoms with Gasteiger partial charge in [0, 0.05) is 22.3 Å². The summed E-state index contributed by atoms with van der Waals surface area (Å²) in [4.78, 5) is 17.9. The molecule has 0 atom stereocenters. The molecule has 0 spiro atoms. The molecule has 0 radical (unpaired) electrons. The average molecular weight is 492 g/mol. The third kappa shape index (κ3) is 5.31. The molecule has 0 bridgehead atoms. The number of aliphatic imine (C=N–C) groups is 1. The van der Waals surface area contributed by atoms with E-state index in [4.69, 9.17) is 23.2 Å². The Labute approximate surface area is 194 Å². The largest absolute Gasteiger partial charge is 0.325 e. The summed E-state index contributed by atoms with van der Waals surface area (Å²) in [5, 5.41) is 14.3. The number of anilines is 1. The number of hydrogen-bond donors (Lipinski definition) is 3. The Kier molecular flexibility index (Phi) is 6.50. The molecule has 0 unspecified atom stereocenters. The van der Waals surface area contributed by atoms with E-state index in [1.165, 1.54) is 35.6 Å². The third-order valence-corrected chi connectivity index (χ3v) is 5.54. The zero-order chi connectivity index (χ0) is 22.7. The van der Waals surface area contributed by atoms with Crippen LogP contribution in [0.1, 0.15) is 10.4 Å². The van der Waals surface area contributed by atoms with Crippen molar-refractivity contribution in [2.75, 3.05) is 5.32 Å². The molecule has 32 heavy (non-hydrogen) atoms. The van der Waals surface area contributed by atoms with E-state index in [1.54, 1.807) is 6.07 Å². The number of aromatic amines is 1. The molecular formula is C21H13Cl2F2N5OS. The number of carbonyl (C=O) groups excluding carboxylic acids is 1. The first-order chi connectivity index (χ1) is 15.4. The van der Waals surface area contributed by atoms with Gasteiger partial charge in [-0.2, -0.15) is 10.1 Å². The topological polar surface area (TPSA) is 82.2 Å². The van der Waals surface area contributed by atoms with Gasteiger partial charge in [-0.25, -0.2) is 8.78 Å². The minimum Gasteiger partial charge on any atom is -0.325 e. The predicted octanol–water partition coefficient (Wildman–Crippen LogP) is 6.25. The molecule has 0 aliphatic carbocycles. The summed E-state index contributed by atoms with van der Waals surface area (Å²) >= 11 is 13.1. The van der Waals surface area contributed by atoms with E-state index < -0.39 is 17.5 Å². The number of rotatable bonds is 4. The van der Waals surface area contributed by atoms with Crippen LogP contribution in [0, 0.1) is 11.6 Å². The van der Waals surface area contributed by atoms with Crippen LogP contribution in [0.25, 0.3) is 10.6 Å². The minimum atomic E-state index is -0.740. The van der Waals surface area contributed by atoms with Crippen LogP contribution in [0.2, 0.25) is 10.0 Å². The van der Waals surface area contributed by atoms with Crippen molar-refractivity contribution in [1.29, 1.82) is 0 Å². The number of amides is 1. The highest BCUT2D eigenvalue weighted by Crippen LogP contribution is 2.26. The predicted molar refractivity (Wildman–Crippen MR) is 123 cm³/mol. The maximum absolute atomic E-state index is 13.8. The van der Waals surface area contributed by atoms with Crippen LogP contribution < -0.4 is 10.6 Å². The van der Waals surface area contributed by atoms with Crippen LogP contribution in [-0.4, -0.2) is 22.1 Å². The van der Waals surface area contributed by atoms with Crippen molar-refractivity contribution in [3.63, 3.8) is 0 Å². The number of carbonyl (C=O) groups is 1. The molecule has 0 aliphatic heterocycles. The second-order valence-corrected chi connectivity index (χ2v) is 8.23. The standard InChI is InChI=1S/C21H13Cl2F2N5OS/c22-12-7-13(24)9-14(8-12)26-21(28-20(31)11-3-4-15(23)16(25)6-11)27-19-10-17(29-30-19)18-2-1-5-32-18/h1-10H,(H3,26,27,28,29,30,31). The van der Waals surface area contributed by atoms with Gasteiger partial charge in [-0.15, -0.1) is 11.3 Å². The number of thiophene rings is 1. The van der Waals surface area contributed by atoms with Crippen molar-refractivity contribution in [2.24, 2.45) is 4.99 Å². The molecule has 11 heteroatoms. The number of guanidine groups is 1. The summed E-state index contributed by atoms with van der Waals surface area (Å²) < 4.78 is 27.5. The summed E-state index contributed by atoms with van der Waals surface area (Å²) in [5.74, 6) is -1.80. The van der Waals surface area contributed by atoms with Crippen LogP contribution in [0.15, 0.2) is 65.0 Å². The fraction of sp³-hybridized carbons (Fsp3) is 0. The zero-order valence-electron chi connectivity index (χ0n) is 16.0. The first-order valence-electron chi connectivity index (χ1n) is 9.05. The van der Waals surface area contributed by atoms with E-state index in [2.05, 4.69) is 25.8 Å². The van der Waals surface area contributed by atoms with Crippen molar-refractivity contribution >= 4 is 57.9 Å². The monoisotopic (exact) mass is 491 g/mol. The summed E-state index contributed by atoms with van der Waals surface area (Å²) in [7, 11) is 0. The van der Waals surface area contributed by atoms with Gasteiger partial charge < -0.3 is 5.32 Å². The van der Waals surface area contributed by atoms with E-state index in [9.17, 15) is 13.6 Å². The van der Waals surface area contributed by atoms with E-state index >= 15 is 0 Å². The van der Waals surface area contributed by atoms with Crippen molar-refractivity contribution in [1.82, 2.24) is 15.5 Å². The van der Waals surface area contributed by atoms with Crippen LogP contribution in [0.3, 0.4) is 0 Å². The van der Waals surface area contributed by atoms with Crippen molar-refractivity contribution in [3.8, 4) is 10.6 Å². The molecule has 0 saturated heterocycles. The lowest BCUT2D eigenvalue weighted by atomic mass is 10.2. The van der Waals surface area contributed by atoms with Crippen molar-refractivity contribution in [3.05, 3.63) is 87.2 Å². The number of nitrogens with one attached hydrogen (secondary N) is 3. The maximum Gasteiger partial charge on any atom is 0.258 e. The SMILES string of the molecule is O=C(NC(=Nc1cc(-c2cccs2)[nH]n1)Nc1cc(F)cc(Cl)c1)c1ccc(Cl)c(F)c1. The molecule has 2 aromatic carbocycles. The molecule has 162 valence electrons. The normalized spacial score (nSPS) is 11.4. The van der Waals surface area contributed by atoms with E-state index in [-0.39, 0.29) is 33.1 Å². The van der Waals surface area contributed by atoms with E-state index in [0.717, 1.165) is 22.7 Å². The van der Waals surface area contributed by atoms with Gasteiger partial charge in [-0.3, -0.25) is 15.2 Å². The number of nitrogens with zero attached hydrogens (tertiary/aromatic N) is 2. The number of hydrogen-bond acceptors (Lipinski definition) is 4. The van der Waals surface area contributed by atoms with Crippen LogP contribution in [0.5, 0.6) is 0 Å². The highest BCUT2D eigenvalue weighted by Gasteiger charge is 2.14. The molecule has 4 rings (SSSR count). The lowest BCUT2D eigenvalue weighted by Gasteiger charge is -2.12. The summed E-state index contributed by atoms with van der Waals surface area (Å²) in [6.07, 6.45) is 0.